The van der Waals surface area contributed by atoms with Gasteiger partial charge in [0.25, 0.3) is 0 Å². The highest BCUT2D eigenvalue weighted by atomic mass is 16.5. The quantitative estimate of drug-likeness (QED) is 0.890. The molecule has 0 radical (unpaired) electrons. The molecule has 3 atom stereocenters. The van der Waals surface area contributed by atoms with Crippen molar-refractivity contribution in [1.29, 1.82) is 0 Å². The monoisotopic (exact) mass is 274 g/mol. The third kappa shape index (κ3) is 2.13. The second-order valence-electron chi connectivity index (χ2n) is 5.85. The van der Waals surface area contributed by atoms with Gasteiger partial charge in [-0.05, 0) is 37.3 Å². The summed E-state index contributed by atoms with van der Waals surface area (Å²) in [6.07, 6.45) is 2.95. The molecule has 2 aliphatic rings. The van der Waals surface area contributed by atoms with Gasteiger partial charge in [0.05, 0.1) is 18.1 Å². The fraction of sp³-hybridized carbons (Fsp3) is 0.562. The van der Waals surface area contributed by atoms with E-state index in [0.29, 0.717) is 0 Å². The zero-order chi connectivity index (χ0) is 14.3. The van der Waals surface area contributed by atoms with Crippen molar-refractivity contribution in [1.82, 2.24) is 0 Å². The van der Waals surface area contributed by atoms with Gasteiger partial charge in [0.15, 0.2) is 0 Å². The second kappa shape index (κ2) is 5.19. The van der Waals surface area contributed by atoms with Gasteiger partial charge in [-0.25, -0.2) is 0 Å². The Morgan fingerprint density at radius 2 is 2.30 bits per heavy atom. The molecular formula is C16H22N2O2. The van der Waals surface area contributed by atoms with E-state index in [9.17, 15) is 4.79 Å². The number of rotatable bonds is 3. The maximum Gasteiger partial charge on any atom is 0.232 e. The van der Waals surface area contributed by atoms with E-state index in [-0.39, 0.29) is 24.0 Å². The van der Waals surface area contributed by atoms with Crippen LogP contribution in [0.5, 0.6) is 0 Å². The normalized spacial score (nSPS) is 26.4. The minimum absolute atomic E-state index is 0.0413. The van der Waals surface area contributed by atoms with E-state index in [1.807, 2.05) is 6.92 Å². The molecule has 1 aromatic rings. The first kappa shape index (κ1) is 13.6. The van der Waals surface area contributed by atoms with Gasteiger partial charge in [-0.1, -0.05) is 24.6 Å². The molecule has 0 aromatic heterocycles. The molecule has 4 heteroatoms. The Hall–Kier alpha value is -1.39. The minimum atomic E-state index is -0.165. The van der Waals surface area contributed by atoms with Crippen LogP contribution in [0.4, 0.5) is 5.69 Å². The molecule has 2 heterocycles. The summed E-state index contributed by atoms with van der Waals surface area (Å²) in [7, 11) is 0. The molecule has 3 N–H and O–H groups in total. The van der Waals surface area contributed by atoms with E-state index in [1.165, 1.54) is 0 Å². The van der Waals surface area contributed by atoms with Crippen molar-refractivity contribution >= 4 is 11.6 Å². The molecule has 3 rings (SSSR count). The van der Waals surface area contributed by atoms with Crippen LogP contribution < -0.4 is 11.1 Å². The van der Waals surface area contributed by atoms with Gasteiger partial charge in [-0.3, -0.25) is 4.79 Å². The van der Waals surface area contributed by atoms with E-state index < -0.39 is 0 Å². The zero-order valence-corrected chi connectivity index (χ0v) is 12.1. The molecule has 0 aliphatic carbocycles. The Labute approximate surface area is 119 Å². The van der Waals surface area contributed by atoms with Crippen LogP contribution >= 0.6 is 0 Å². The molecule has 20 heavy (non-hydrogen) atoms. The SMILES string of the molecule is CCC1C(=O)Nc2c1cc(C)cc2C(N)C1CCCO1. The van der Waals surface area contributed by atoms with Gasteiger partial charge in [0.2, 0.25) is 5.91 Å². The van der Waals surface area contributed by atoms with E-state index in [0.717, 1.165) is 48.2 Å². The number of anilines is 1. The number of nitrogens with one attached hydrogen (secondary N) is 1. The Bertz CT molecular complexity index is 536. The number of hydrogen-bond acceptors (Lipinski definition) is 3. The first-order chi connectivity index (χ1) is 9.61. The van der Waals surface area contributed by atoms with Crippen LogP contribution in [0.3, 0.4) is 0 Å². The minimum Gasteiger partial charge on any atom is -0.376 e. The number of aryl methyl sites for hydroxylation is 1. The molecular weight excluding hydrogens is 252 g/mol. The predicted octanol–water partition coefficient (Wildman–Crippen LogP) is 2.62. The van der Waals surface area contributed by atoms with Crippen molar-refractivity contribution in [2.45, 2.75) is 51.2 Å². The topological polar surface area (TPSA) is 64.4 Å². The summed E-state index contributed by atoms with van der Waals surface area (Å²) in [6.45, 7) is 4.89. The highest BCUT2D eigenvalue weighted by molar-refractivity contribution is 6.03. The number of ether oxygens (including phenoxy) is 1. The Morgan fingerprint density at radius 1 is 1.50 bits per heavy atom. The molecule has 0 spiro atoms. The van der Waals surface area contributed by atoms with Gasteiger partial charge < -0.3 is 15.8 Å². The average Bonchev–Trinajstić information content (AvgIpc) is 3.04. The lowest BCUT2D eigenvalue weighted by molar-refractivity contribution is -0.117. The number of amides is 1. The third-order valence-corrected chi connectivity index (χ3v) is 4.42. The maximum atomic E-state index is 12.1. The smallest absolute Gasteiger partial charge is 0.232 e. The van der Waals surface area contributed by atoms with E-state index in [4.69, 9.17) is 10.5 Å². The van der Waals surface area contributed by atoms with Crippen LogP contribution in [0, 0.1) is 6.92 Å². The highest BCUT2D eigenvalue weighted by Crippen LogP contribution is 2.41. The highest BCUT2D eigenvalue weighted by Gasteiger charge is 2.34. The number of benzene rings is 1. The van der Waals surface area contributed by atoms with Gasteiger partial charge in [-0.15, -0.1) is 0 Å². The summed E-state index contributed by atoms with van der Waals surface area (Å²) in [5, 5.41) is 3.02. The summed E-state index contributed by atoms with van der Waals surface area (Å²) in [6, 6.07) is 4.03. The molecule has 4 nitrogen and oxygen atoms in total. The molecule has 1 amide bonds. The lowest BCUT2D eigenvalue weighted by atomic mass is 9.90. The van der Waals surface area contributed by atoms with Crippen molar-refractivity contribution in [3.8, 4) is 0 Å². The summed E-state index contributed by atoms with van der Waals surface area (Å²) in [5.74, 6) is 0.0502. The lowest BCUT2D eigenvalue weighted by Crippen LogP contribution is -2.26. The molecule has 0 bridgehead atoms. The summed E-state index contributed by atoms with van der Waals surface area (Å²) >= 11 is 0. The number of fused-ring (bicyclic) bond motifs is 1. The van der Waals surface area contributed by atoms with Crippen molar-refractivity contribution in [3.63, 3.8) is 0 Å². The fourth-order valence-corrected chi connectivity index (χ4v) is 3.37. The first-order valence-corrected chi connectivity index (χ1v) is 7.44. The molecule has 2 aliphatic heterocycles. The van der Waals surface area contributed by atoms with Crippen molar-refractivity contribution in [3.05, 3.63) is 28.8 Å². The second-order valence-corrected chi connectivity index (χ2v) is 5.85. The summed E-state index contributed by atoms with van der Waals surface area (Å²) in [5.41, 5.74) is 10.6. The van der Waals surface area contributed by atoms with Gasteiger partial charge in [0.1, 0.15) is 0 Å². The number of carbonyl (C=O) groups is 1. The molecule has 1 fully saturated rings. The Kier molecular flexibility index (Phi) is 3.52. The lowest BCUT2D eigenvalue weighted by Gasteiger charge is -2.22. The number of nitrogens with two attached hydrogens (primary N) is 1. The van der Waals surface area contributed by atoms with E-state index in [2.05, 4.69) is 24.4 Å². The number of hydrogen-bond donors (Lipinski definition) is 2. The molecule has 3 unspecified atom stereocenters. The standard InChI is InChI=1S/C16H22N2O2/c1-3-10-11-7-9(2)8-12(15(11)18-16(10)19)14(17)13-5-4-6-20-13/h7-8,10,13-14H,3-6,17H2,1-2H3,(H,18,19). The van der Waals surface area contributed by atoms with Crippen LogP contribution in [0.15, 0.2) is 12.1 Å². The van der Waals surface area contributed by atoms with Crippen molar-refractivity contribution in [2.24, 2.45) is 5.73 Å². The number of carbonyl (C=O) groups excluding carboxylic acids is 1. The fourth-order valence-electron chi connectivity index (χ4n) is 3.37. The summed E-state index contributed by atoms with van der Waals surface area (Å²) in [4.78, 5) is 12.1. The largest absolute Gasteiger partial charge is 0.376 e. The van der Waals surface area contributed by atoms with E-state index >= 15 is 0 Å². The molecule has 1 aromatic carbocycles. The zero-order valence-electron chi connectivity index (χ0n) is 12.1. The van der Waals surface area contributed by atoms with Gasteiger partial charge >= 0.3 is 0 Å². The Morgan fingerprint density at radius 3 is 2.95 bits per heavy atom. The van der Waals surface area contributed by atoms with Crippen LogP contribution in [0.2, 0.25) is 0 Å². The van der Waals surface area contributed by atoms with Crippen LogP contribution in [-0.4, -0.2) is 18.6 Å². The molecule has 1 saturated heterocycles. The van der Waals surface area contributed by atoms with Crippen molar-refractivity contribution in [2.75, 3.05) is 11.9 Å². The average molecular weight is 274 g/mol. The maximum absolute atomic E-state index is 12.1. The van der Waals surface area contributed by atoms with Crippen molar-refractivity contribution < 1.29 is 9.53 Å². The van der Waals surface area contributed by atoms with E-state index in [1.54, 1.807) is 0 Å². The molecule has 0 saturated carbocycles. The van der Waals surface area contributed by atoms with Crippen LogP contribution in [0.1, 0.15) is 54.8 Å². The molecule has 108 valence electrons. The van der Waals surface area contributed by atoms with Gasteiger partial charge in [0, 0.05) is 12.3 Å². The summed E-state index contributed by atoms with van der Waals surface area (Å²) < 4.78 is 5.71. The third-order valence-electron chi connectivity index (χ3n) is 4.42. The Balaban J connectivity index is 2.02. The van der Waals surface area contributed by atoms with Crippen LogP contribution in [0.25, 0.3) is 0 Å². The van der Waals surface area contributed by atoms with Crippen LogP contribution in [-0.2, 0) is 9.53 Å². The van der Waals surface area contributed by atoms with Gasteiger partial charge in [-0.2, -0.15) is 0 Å². The first-order valence-electron chi connectivity index (χ1n) is 7.44. The predicted molar refractivity (Wildman–Crippen MR) is 78.7 cm³/mol.